The van der Waals surface area contributed by atoms with Gasteiger partial charge < -0.3 is 34.6 Å². The molecule has 14 heteroatoms. The molecular weight excluding hydrogens is 512 g/mol. The molecule has 0 spiro atoms. The van der Waals surface area contributed by atoms with Gasteiger partial charge >= 0.3 is 0 Å². The molecule has 2 aromatic rings. The Balaban J connectivity index is 1.51. The Hall–Kier alpha value is -3.13. The van der Waals surface area contributed by atoms with E-state index in [1.807, 2.05) is 30.9 Å². The first kappa shape index (κ1) is 26.9. The van der Waals surface area contributed by atoms with E-state index in [-0.39, 0.29) is 23.5 Å². The number of pyridine rings is 1. The molecule has 2 saturated heterocycles. The van der Waals surface area contributed by atoms with Crippen LogP contribution in [0.25, 0.3) is 0 Å². The molecule has 200 valence electrons. The lowest BCUT2D eigenvalue weighted by Gasteiger charge is -2.23. The number of nitrogens with zero attached hydrogens (tertiary/aromatic N) is 5. The van der Waals surface area contributed by atoms with Gasteiger partial charge in [-0.1, -0.05) is 18.2 Å². The highest BCUT2D eigenvalue weighted by atomic mass is 35.5. The monoisotopic (exact) mass is 539 g/mol. The van der Waals surface area contributed by atoms with Crippen molar-refractivity contribution in [3.8, 4) is 5.88 Å². The normalized spacial score (nSPS) is 22.0. The third-order valence-corrected chi connectivity index (χ3v) is 6.03. The number of aromatic nitrogens is 3. The predicted molar refractivity (Wildman–Crippen MR) is 134 cm³/mol. The summed E-state index contributed by atoms with van der Waals surface area (Å²) in [6.07, 6.45) is 0.929. The van der Waals surface area contributed by atoms with Crippen molar-refractivity contribution < 1.29 is 27.8 Å². The number of fused-ring (bicyclic) bond motifs is 1. The summed E-state index contributed by atoms with van der Waals surface area (Å²) in [5.74, 6) is -2.81. The number of likely N-dealkylation sites (N-methyl/N-ethyl adjacent to an activating group) is 2. The number of nitrogens with one attached hydrogen (secondary N) is 2. The van der Waals surface area contributed by atoms with E-state index in [9.17, 15) is 13.6 Å². The van der Waals surface area contributed by atoms with Gasteiger partial charge in [-0.2, -0.15) is 4.98 Å². The lowest BCUT2D eigenvalue weighted by molar-refractivity contribution is -0.111. The number of hydrogen-bond acceptors (Lipinski definition) is 10. The summed E-state index contributed by atoms with van der Waals surface area (Å²) >= 11 is 6.20. The minimum absolute atomic E-state index is 0.0135. The molecule has 37 heavy (non-hydrogen) atoms. The van der Waals surface area contributed by atoms with E-state index in [1.54, 1.807) is 12.3 Å². The van der Waals surface area contributed by atoms with Gasteiger partial charge in [0.05, 0.1) is 30.4 Å². The van der Waals surface area contributed by atoms with Crippen LogP contribution in [0.1, 0.15) is 0 Å². The molecule has 0 unspecified atom stereocenters. The third kappa shape index (κ3) is 6.24. The first-order valence-electron chi connectivity index (χ1n) is 11.4. The smallest absolute Gasteiger partial charge is 0.299 e. The Morgan fingerprint density at radius 3 is 2.81 bits per heavy atom. The van der Waals surface area contributed by atoms with E-state index in [0.29, 0.717) is 23.7 Å². The molecule has 0 saturated carbocycles. The minimum atomic E-state index is -3.08. The predicted octanol–water partition coefficient (Wildman–Crippen LogP) is 2.57. The maximum absolute atomic E-state index is 13.9. The Morgan fingerprint density at radius 2 is 2.08 bits per heavy atom. The van der Waals surface area contributed by atoms with Crippen LogP contribution in [0, 0.1) is 0 Å². The van der Waals surface area contributed by atoms with Crippen LogP contribution in [-0.4, -0.2) is 97.4 Å². The van der Waals surface area contributed by atoms with Gasteiger partial charge in [0.15, 0.2) is 18.0 Å². The Kier molecular flexibility index (Phi) is 8.07. The molecule has 0 aromatic carbocycles. The van der Waals surface area contributed by atoms with E-state index < -0.39 is 36.7 Å². The zero-order valence-corrected chi connectivity index (χ0v) is 21.3. The molecule has 2 aromatic heterocycles. The van der Waals surface area contributed by atoms with E-state index in [4.69, 9.17) is 25.8 Å². The molecule has 3 atom stereocenters. The standard InChI is InChI=1S/C23H28ClF2N7O4/c1-5-17(34)30-15-8-13(9-27-20(15)33(4)7-6-32(2)3)29-22-28-10-14(24)21(31-22)37-16-11-35-19-18(16)36-12-23(19,25)26/h5,8-10,16,18-19H,1,6-7,11-12H2,2-4H3,(H,30,34)(H,28,29,31)/t16-,18-,19+/m0/s1. The molecule has 0 aliphatic carbocycles. The van der Waals surface area contributed by atoms with Gasteiger partial charge in [0.25, 0.3) is 5.92 Å². The van der Waals surface area contributed by atoms with Crippen molar-refractivity contribution in [3.05, 3.63) is 36.1 Å². The summed E-state index contributed by atoms with van der Waals surface area (Å²) < 4.78 is 43.9. The Labute approximate surface area is 217 Å². The zero-order chi connectivity index (χ0) is 26.7. The largest absolute Gasteiger partial charge is 0.468 e. The maximum Gasteiger partial charge on any atom is 0.299 e. The first-order valence-corrected chi connectivity index (χ1v) is 11.8. The van der Waals surface area contributed by atoms with E-state index in [2.05, 4.69) is 32.2 Å². The van der Waals surface area contributed by atoms with Gasteiger partial charge in [-0.15, -0.1) is 0 Å². The van der Waals surface area contributed by atoms with Crippen LogP contribution in [-0.2, 0) is 14.3 Å². The van der Waals surface area contributed by atoms with Gasteiger partial charge in [-0.25, -0.2) is 18.7 Å². The van der Waals surface area contributed by atoms with Gasteiger partial charge in [0, 0.05) is 20.1 Å². The van der Waals surface area contributed by atoms with Crippen LogP contribution in [0.15, 0.2) is 31.1 Å². The van der Waals surface area contributed by atoms with Crippen molar-refractivity contribution in [1.29, 1.82) is 0 Å². The average Bonchev–Trinajstić information content (AvgIpc) is 3.40. The van der Waals surface area contributed by atoms with Crippen LogP contribution in [0.5, 0.6) is 5.88 Å². The molecule has 4 heterocycles. The molecular formula is C23H28ClF2N7O4. The second-order valence-electron chi connectivity index (χ2n) is 8.93. The van der Waals surface area contributed by atoms with Crippen LogP contribution >= 0.6 is 11.6 Å². The number of halogens is 3. The first-order chi connectivity index (χ1) is 17.6. The summed E-state index contributed by atoms with van der Waals surface area (Å²) in [7, 11) is 5.80. The molecule has 0 bridgehead atoms. The Morgan fingerprint density at radius 1 is 1.30 bits per heavy atom. The average molecular weight is 540 g/mol. The highest BCUT2D eigenvalue weighted by molar-refractivity contribution is 6.31. The fourth-order valence-corrected chi connectivity index (χ4v) is 3.99. The number of hydrogen-bond donors (Lipinski definition) is 2. The topological polar surface area (TPSA) is 114 Å². The number of ether oxygens (including phenoxy) is 3. The summed E-state index contributed by atoms with van der Waals surface area (Å²) in [5, 5.41) is 5.85. The highest BCUT2D eigenvalue weighted by Gasteiger charge is 2.59. The van der Waals surface area contributed by atoms with Gasteiger partial charge in [-0.3, -0.25) is 4.79 Å². The number of carbonyl (C=O) groups is 1. The molecule has 4 rings (SSSR count). The van der Waals surface area contributed by atoms with Crippen LogP contribution in [0.4, 0.5) is 31.9 Å². The van der Waals surface area contributed by atoms with Crippen LogP contribution in [0.2, 0.25) is 5.02 Å². The van der Waals surface area contributed by atoms with E-state index in [0.717, 1.165) is 12.6 Å². The van der Waals surface area contributed by atoms with Crippen molar-refractivity contribution in [2.45, 2.75) is 24.2 Å². The van der Waals surface area contributed by atoms with Crippen molar-refractivity contribution in [1.82, 2.24) is 19.9 Å². The minimum Gasteiger partial charge on any atom is -0.468 e. The van der Waals surface area contributed by atoms with Gasteiger partial charge in [0.2, 0.25) is 17.7 Å². The second kappa shape index (κ2) is 11.1. The summed E-state index contributed by atoms with van der Waals surface area (Å²) in [6, 6.07) is 1.68. The fraction of sp³-hybridized carbons (Fsp3) is 0.478. The molecule has 2 fully saturated rings. The van der Waals surface area contributed by atoms with Crippen molar-refractivity contribution in [2.24, 2.45) is 0 Å². The number of rotatable bonds is 10. The van der Waals surface area contributed by atoms with E-state index >= 15 is 0 Å². The number of alkyl halides is 2. The second-order valence-corrected chi connectivity index (χ2v) is 9.34. The van der Waals surface area contributed by atoms with Gasteiger partial charge in [-0.05, 0) is 26.2 Å². The summed E-state index contributed by atoms with van der Waals surface area (Å²) in [6.45, 7) is 4.13. The number of carbonyl (C=O) groups excluding carboxylic acids is 1. The van der Waals surface area contributed by atoms with Crippen LogP contribution in [0.3, 0.4) is 0 Å². The lowest BCUT2D eigenvalue weighted by atomic mass is 10.1. The molecule has 11 nitrogen and oxygen atoms in total. The van der Waals surface area contributed by atoms with Crippen molar-refractivity contribution in [2.75, 3.05) is 63.0 Å². The SMILES string of the molecule is C=CC(=O)Nc1cc(Nc2ncc(Cl)c(O[C@H]3CO[C@@H]4[C@H]3OCC4(F)F)n2)cnc1N(C)CCN(C)C. The Bertz CT molecular complexity index is 1160. The van der Waals surface area contributed by atoms with Gasteiger partial charge in [0.1, 0.15) is 17.7 Å². The van der Waals surface area contributed by atoms with Crippen molar-refractivity contribution >= 4 is 40.6 Å². The summed E-state index contributed by atoms with van der Waals surface area (Å²) in [5.41, 5.74) is 0.926. The fourth-order valence-electron chi connectivity index (χ4n) is 3.86. The molecule has 1 amide bonds. The zero-order valence-electron chi connectivity index (χ0n) is 20.6. The maximum atomic E-state index is 13.9. The quantitative estimate of drug-likeness (QED) is 0.437. The van der Waals surface area contributed by atoms with E-state index in [1.165, 1.54) is 6.20 Å². The van der Waals surface area contributed by atoms with Crippen LogP contribution < -0.4 is 20.3 Å². The number of anilines is 4. The molecule has 2 aliphatic rings. The third-order valence-electron chi connectivity index (χ3n) is 5.77. The molecule has 2 N–H and O–H groups in total. The summed E-state index contributed by atoms with van der Waals surface area (Å²) in [4.78, 5) is 28.9. The highest BCUT2D eigenvalue weighted by Crippen LogP contribution is 2.39. The van der Waals surface area contributed by atoms with Crippen molar-refractivity contribution in [3.63, 3.8) is 0 Å². The number of amides is 1. The molecule has 0 radical (unpaired) electrons. The molecule has 2 aliphatic heterocycles. The lowest BCUT2D eigenvalue weighted by Crippen LogP contribution is -2.37.